The number of alkyl halides is 2. The number of hydrogen-bond acceptors (Lipinski definition) is 2. The second kappa shape index (κ2) is 4.34. The normalized spacial score (nSPS) is 22.4. The van der Waals surface area contributed by atoms with E-state index in [1.54, 1.807) is 0 Å². The van der Waals surface area contributed by atoms with E-state index in [0.29, 0.717) is 15.7 Å². The van der Waals surface area contributed by atoms with Crippen molar-refractivity contribution in [2.45, 2.75) is 37.1 Å². The molecule has 0 spiro atoms. The minimum Gasteiger partial charge on any atom is -0.320 e. The Kier molecular flexibility index (Phi) is 3.31. The Hall–Kier alpha value is -0.450. The molecule has 0 bridgehead atoms. The highest BCUT2D eigenvalue weighted by Gasteiger charge is 2.43. The lowest BCUT2D eigenvalue weighted by Gasteiger charge is -2.36. The fourth-order valence-corrected chi connectivity index (χ4v) is 2.65. The number of pyridine rings is 1. The molecule has 17 heavy (non-hydrogen) atoms. The van der Waals surface area contributed by atoms with Gasteiger partial charge in [0.05, 0.1) is 21.3 Å². The van der Waals surface area contributed by atoms with Crippen LogP contribution in [0.1, 0.15) is 31.4 Å². The molecule has 0 amide bonds. The number of nitrogens with zero attached hydrogens (tertiary/aromatic N) is 1. The molecule has 2 N–H and O–H groups in total. The summed E-state index contributed by atoms with van der Waals surface area (Å²) in [6.45, 7) is 0. The maximum atomic E-state index is 13.1. The highest BCUT2D eigenvalue weighted by atomic mass is 35.5. The predicted octanol–water partition coefficient (Wildman–Crippen LogP) is 3.75. The van der Waals surface area contributed by atoms with Crippen molar-refractivity contribution in [1.29, 1.82) is 0 Å². The van der Waals surface area contributed by atoms with Crippen molar-refractivity contribution in [3.63, 3.8) is 0 Å². The third-order valence-electron chi connectivity index (χ3n) is 3.15. The fourth-order valence-electron chi connectivity index (χ4n) is 2.08. The monoisotopic (exact) mass is 280 g/mol. The Bertz CT molecular complexity index is 427. The quantitative estimate of drug-likeness (QED) is 0.851. The Balaban J connectivity index is 2.27. The smallest absolute Gasteiger partial charge is 0.248 e. The van der Waals surface area contributed by atoms with Crippen molar-refractivity contribution < 1.29 is 8.78 Å². The molecule has 94 valence electrons. The predicted molar refractivity (Wildman–Crippen MR) is 63.5 cm³/mol. The molecule has 0 aliphatic heterocycles. The zero-order valence-corrected chi connectivity index (χ0v) is 10.5. The Labute approximate surface area is 108 Å². The van der Waals surface area contributed by atoms with Gasteiger partial charge in [-0.3, -0.25) is 4.98 Å². The number of halogens is 4. The first-order valence-corrected chi connectivity index (χ1v) is 6.06. The zero-order valence-electron chi connectivity index (χ0n) is 9.02. The van der Waals surface area contributed by atoms with E-state index in [1.165, 1.54) is 12.3 Å². The molecule has 0 saturated heterocycles. The number of rotatable bonds is 1. The van der Waals surface area contributed by atoms with Gasteiger partial charge in [0.1, 0.15) is 0 Å². The van der Waals surface area contributed by atoms with Crippen molar-refractivity contribution in [3.05, 3.63) is 28.0 Å². The summed E-state index contributed by atoms with van der Waals surface area (Å²) in [4.78, 5) is 4.09. The van der Waals surface area contributed by atoms with E-state index in [1.807, 2.05) is 0 Å². The SMILES string of the molecule is NC1(c2ncc(Cl)cc2Cl)CCC(F)(F)CC1. The van der Waals surface area contributed by atoms with Gasteiger partial charge in [-0.15, -0.1) is 0 Å². The van der Waals surface area contributed by atoms with Gasteiger partial charge in [0, 0.05) is 19.0 Å². The second-order valence-corrected chi connectivity index (χ2v) is 5.34. The van der Waals surface area contributed by atoms with Gasteiger partial charge in [0.2, 0.25) is 5.92 Å². The van der Waals surface area contributed by atoms with Crippen LogP contribution >= 0.6 is 23.2 Å². The molecular formula is C11H12Cl2F2N2. The van der Waals surface area contributed by atoms with Crippen LogP contribution in [0.3, 0.4) is 0 Å². The third kappa shape index (κ3) is 2.69. The maximum absolute atomic E-state index is 13.1. The highest BCUT2D eigenvalue weighted by molar-refractivity contribution is 6.34. The summed E-state index contributed by atoms with van der Waals surface area (Å²) in [5, 5.41) is 0.744. The Morgan fingerprint density at radius 3 is 2.29 bits per heavy atom. The van der Waals surface area contributed by atoms with Gasteiger partial charge >= 0.3 is 0 Å². The molecule has 1 fully saturated rings. The number of hydrogen-bond donors (Lipinski definition) is 1. The van der Waals surface area contributed by atoms with Crippen LogP contribution in [0.4, 0.5) is 8.78 Å². The summed E-state index contributed by atoms with van der Waals surface area (Å²) in [6, 6.07) is 1.53. The van der Waals surface area contributed by atoms with Gasteiger partial charge in [-0.1, -0.05) is 23.2 Å². The van der Waals surface area contributed by atoms with Crippen LogP contribution in [-0.4, -0.2) is 10.9 Å². The van der Waals surface area contributed by atoms with Gasteiger partial charge in [0.25, 0.3) is 0 Å². The van der Waals surface area contributed by atoms with Gasteiger partial charge in [0.15, 0.2) is 0 Å². The lowest BCUT2D eigenvalue weighted by molar-refractivity contribution is -0.0519. The minimum atomic E-state index is -2.62. The zero-order chi connectivity index (χ0) is 12.7. The number of aromatic nitrogens is 1. The van der Waals surface area contributed by atoms with Gasteiger partial charge in [-0.25, -0.2) is 8.78 Å². The molecule has 1 aliphatic carbocycles. The van der Waals surface area contributed by atoms with E-state index in [4.69, 9.17) is 28.9 Å². The van der Waals surface area contributed by atoms with Crippen molar-refractivity contribution in [3.8, 4) is 0 Å². The summed E-state index contributed by atoms with van der Waals surface area (Å²) >= 11 is 11.7. The highest BCUT2D eigenvalue weighted by Crippen LogP contribution is 2.43. The van der Waals surface area contributed by atoms with Gasteiger partial charge in [-0.05, 0) is 18.9 Å². The molecule has 2 nitrogen and oxygen atoms in total. The molecule has 1 aromatic rings. The average molecular weight is 281 g/mol. The summed E-state index contributed by atoms with van der Waals surface area (Å²) in [5.74, 6) is -2.62. The van der Waals surface area contributed by atoms with E-state index in [9.17, 15) is 8.78 Å². The molecule has 1 aromatic heterocycles. The Morgan fingerprint density at radius 1 is 1.18 bits per heavy atom. The van der Waals surface area contributed by atoms with Crippen LogP contribution in [-0.2, 0) is 5.54 Å². The minimum absolute atomic E-state index is 0.175. The molecule has 0 radical (unpaired) electrons. The van der Waals surface area contributed by atoms with Crippen LogP contribution in [0.2, 0.25) is 10.0 Å². The molecular weight excluding hydrogens is 269 g/mol. The van der Waals surface area contributed by atoms with Crippen LogP contribution in [0.25, 0.3) is 0 Å². The summed E-state index contributed by atoms with van der Waals surface area (Å²) in [7, 11) is 0. The van der Waals surface area contributed by atoms with Crippen LogP contribution in [0.5, 0.6) is 0 Å². The van der Waals surface area contributed by atoms with Crippen molar-refractivity contribution in [2.75, 3.05) is 0 Å². The third-order valence-corrected chi connectivity index (χ3v) is 3.65. The molecule has 0 unspecified atom stereocenters. The summed E-state index contributed by atoms with van der Waals surface area (Å²) in [5.41, 5.74) is 5.71. The first-order chi connectivity index (χ1) is 7.82. The summed E-state index contributed by atoms with van der Waals surface area (Å²) < 4.78 is 26.2. The molecule has 1 saturated carbocycles. The lowest BCUT2D eigenvalue weighted by atomic mass is 9.78. The van der Waals surface area contributed by atoms with Crippen LogP contribution < -0.4 is 5.73 Å². The first-order valence-electron chi connectivity index (χ1n) is 5.31. The van der Waals surface area contributed by atoms with Crippen LogP contribution in [0.15, 0.2) is 12.3 Å². The largest absolute Gasteiger partial charge is 0.320 e. The topological polar surface area (TPSA) is 38.9 Å². The molecule has 2 rings (SSSR count). The lowest BCUT2D eigenvalue weighted by Crippen LogP contribution is -2.44. The van der Waals surface area contributed by atoms with Crippen LogP contribution in [0, 0.1) is 0 Å². The molecule has 1 heterocycles. The summed E-state index contributed by atoms with van der Waals surface area (Å²) in [6.07, 6.45) is 1.32. The number of nitrogens with two attached hydrogens (primary N) is 1. The first kappa shape index (κ1) is 13.0. The molecule has 6 heteroatoms. The van der Waals surface area contributed by atoms with E-state index in [-0.39, 0.29) is 25.7 Å². The Morgan fingerprint density at radius 2 is 1.76 bits per heavy atom. The second-order valence-electron chi connectivity index (χ2n) is 4.50. The van der Waals surface area contributed by atoms with Crippen molar-refractivity contribution in [2.24, 2.45) is 5.73 Å². The van der Waals surface area contributed by atoms with Gasteiger partial charge in [-0.2, -0.15) is 0 Å². The van der Waals surface area contributed by atoms with E-state index >= 15 is 0 Å². The van der Waals surface area contributed by atoms with E-state index in [0.717, 1.165) is 0 Å². The molecule has 0 aromatic carbocycles. The van der Waals surface area contributed by atoms with E-state index < -0.39 is 11.5 Å². The standard InChI is InChI=1S/C11H12Cl2F2N2/c12-7-5-8(13)9(17-6-7)10(16)1-3-11(14,15)4-2-10/h5-6H,1-4,16H2. The molecule has 1 aliphatic rings. The van der Waals surface area contributed by atoms with Crippen molar-refractivity contribution in [1.82, 2.24) is 4.98 Å². The van der Waals surface area contributed by atoms with Gasteiger partial charge < -0.3 is 5.73 Å². The van der Waals surface area contributed by atoms with E-state index in [2.05, 4.69) is 4.98 Å². The fraction of sp³-hybridized carbons (Fsp3) is 0.545. The maximum Gasteiger partial charge on any atom is 0.248 e. The van der Waals surface area contributed by atoms with Crippen molar-refractivity contribution >= 4 is 23.2 Å². The average Bonchev–Trinajstić information content (AvgIpc) is 2.23. The molecule has 0 atom stereocenters.